The van der Waals surface area contributed by atoms with Gasteiger partial charge in [-0.1, -0.05) is 47.5 Å². The van der Waals surface area contributed by atoms with Gasteiger partial charge in [0, 0.05) is 11.6 Å². The van der Waals surface area contributed by atoms with E-state index in [2.05, 4.69) is 5.32 Å². The van der Waals surface area contributed by atoms with Crippen molar-refractivity contribution in [3.8, 4) is 6.07 Å². The highest BCUT2D eigenvalue weighted by atomic mass is 35.5. The second-order valence-electron chi connectivity index (χ2n) is 7.29. The summed E-state index contributed by atoms with van der Waals surface area (Å²) in [4.78, 5) is 12.8. The van der Waals surface area contributed by atoms with Crippen molar-refractivity contribution < 1.29 is 13.2 Å². The monoisotopic (exact) mass is 467 g/mol. The molecule has 0 aliphatic heterocycles. The molecular formula is C24H22ClN3O3S. The maximum atomic E-state index is 13.5. The molecule has 0 aliphatic carbocycles. The minimum absolute atomic E-state index is 0.0855. The highest BCUT2D eigenvalue weighted by Crippen LogP contribution is 2.30. The Labute approximate surface area is 193 Å². The van der Waals surface area contributed by atoms with Gasteiger partial charge in [0.05, 0.1) is 22.2 Å². The van der Waals surface area contributed by atoms with Gasteiger partial charge in [-0.2, -0.15) is 5.26 Å². The van der Waals surface area contributed by atoms with Crippen LogP contribution in [0.1, 0.15) is 22.3 Å². The van der Waals surface area contributed by atoms with Crippen LogP contribution >= 0.6 is 11.6 Å². The molecule has 8 heteroatoms. The maximum absolute atomic E-state index is 13.5. The molecule has 0 unspecified atom stereocenters. The summed E-state index contributed by atoms with van der Waals surface area (Å²) >= 11 is 6.23. The zero-order valence-corrected chi connectivity index (χ0v) is 19.2. The Morgan fingerprint density at radius 1 is 1.03 bits per heavy atom. The lowest BCUT2D eigenvalue weighted by Gasteiger charge is -2.26. The van der Waals surface area contributed by atoms with Crippen molar-refractivity contribution in [1.29, 1.82) is 5.26 Å². The number of rotatable bonds is 7. The number of nitrogens with zero attached hydrogens (tertiary/aromatic N) is 2. The Hall–Kier alpha value is -3.34. The van der Waals surface area contributed by atoms with Crippen molar-refractivity contribution in [2.24, 2.45) is 0 Å². The van der Waals surface area contributed by atoms with Crippen molar-refractivity contribution >= 4 is 33.2 Å². The predicted octanol–water partition coefficient (Wildman–Crippen LogP) is 4.34. The number of carbonyl (C=O) groups is 1. The summed E-state index contributed by atoms with van der Waals surface area (Å²) in [6.07, 6.45) is 0. The molecule has 0 saturated carbocycles. The third-order valence-corrected chi connectivity index (χ3v) is 7.16. The van der Waals surface area contributed by atoms with E-state index in [0.29, 0.717) is 21.8 Å². The summed E-state index contributed by atoms with van der Waals surface area (Å²) in [7, 11) is -4.02. The van der Waals surface area contributed by atoms with Gasteiger partial charge in [-0.3, -0.25) is 9.10 Å². The lowest BCUT2D eigenvalue weighted by atomic mass is 10.1. The first-order valence-electron chi connectivity index (χ1n) is 9.82. The first-order chi connectivity index (χ1) is 15.2. The zero-order chi connectivity index (χ0) is 23.3. The fourth-order valence-electron chi connectivity index (χ4n) is 3.09. The van der Waals surface area contributed by atoms with Crippen molar-refractivity contribution in [3.05, 3.63) is 94.0 Å². The van der Waals surface area contributed by atoms with Crippen LogP contribution in [0.4, 0.5) is 5.69 Å². The Balaban J connectivity index is 1.88. The third kappa shape index (κ3) is 5.28. The van der Waals surface area contributed by atoms with Crippen molar-refractivity contribution in [1.82, 2.24) is 5.32 Å². The minimum atomic E-state index is -4.02. The van der Waals surface area contributed by atoms with E-state index >= 15 is 0 Å². The van der Waals surface area contributed by atoms with Gasteiger partial charge in [-0.25, -0.2) is 8.42 Å². The Morgan fingerprint density at radius 2 is 1.69 bits per heavy atom. The van der Waals surface area contributed by atoms with E-state index in [-0.39, 0.29) is 11.4 Å². The first kappa shape index (κ1) is 23.3. The van der Waals surface area contributed by atoms with Gasteiger partial charge in [-0.05, 0) is 61.4 Å². The number of aryl methyl sites for hydroxylation is 1. The molecule has 1 amide bonds. The molecule has 1 N–H and O–H groups in total. The minimum Gasteiger partial charge on any atom is -0.350 e. The summed E-state index contributed by atoms with van der Waals surface area (Å²) in [5.41, 5.74) is 3.14. The standard InChI is InChI=1S/C24H22ClN3O3S/c1-17-6-12-21(13-7-17)32(30,31)28(23-5-3-4-22(25)18(23)2)16-24(29)27-15-20-10-8-19(14-26)9-11-20/h3-13H,15-16H2,1-2H3,(H,27,29). The molecule has 0 aliphatic rings. The molecule has 0 heterocycles. The Bertz CT molecular complexity index is 1270. The number of halogens is 1. The average Bonchev–Trinajstić information content (AvgIpc) is 2.78. The molecule has 0 fully saturated rings. The average molecular weight is 468 g/mol. The van der Waals surface area contributed by atoms with Gasteiger partial charge < -0.3 is 5.32 Å². The number of hydrogen-bond donors (Lipinski definition) is 1. The fraction of sp³-hybridized carbons (Fsp3) is 0.167. The van der Waals surface area contributed by atoms with Crippen LogP contribution in [0, 0.1) is 25.2 Å². The van der Waals surface area contributed by atoms with E-state index in [4.69, 9.17) is 16.9 Å². The molecule has 6 nitrogen and oxygen atoms in total. The van der Waals surface area contributed by atoms with Crippen molar-refractivity contribution in [3.63, 3.8) is 0 Å². The molecule has 0 saturated heterocycles. The summed E-state index contributed by atoms with van der Waals surface area (Å²) in [6.45, 7) is 3.38. The first-order valence-corrected chi connectivity index (χ1v) is 11.6. The van der Waals surface area contributed by atoms with Crippen LogP contribution in [0.2, 0.25) is 5.02 Å². The summed E-state index contributed by atoms with van der Waals surface area (Å²) < 4.78 is 28.0. The normalized spacial score (nSPS) is 10.9. The van der Waals surface area contributed by atoms with E-state index in [0.717, 1.165) is 15.4 Å². The molecular weight excluding hydrogens is 446 g/mol. The van der Waals surface area contributed by atoms with Gasteiger partial charge in [-0.15, -0.1) is 0 Å². The maximum Gasteiger partial charge on any atom is 0.264 e. The number of anilines is 1. The molecule has 0 aromatic heterocycles. The van der Waals surface area contributed by atoms with E-state index in [1.54, 1.807) is 61.5 Å². The van der Waals surface area contributed by atoms with Crippen LogP contribution in [0.25, 0.3) is 0 Å². The van der Waals surface area contributed by atoms with Crippen LogP contribution in [-0.4, -0.2) is 20.9 Å². The predicted molar refractivity (Wildman–Crippen MR) is 125 cm³/mol. The van der Waals surface area contributed by atoms with E-state index < -0.39 is 22.5 Å². The Morgan fingerprint density at radius 3 is 2.31 bits per heavy atom. The summed E-state index contributed by atoms with van der Waals surface area (Å²) in [5, 5.41) is 12.0. The summed E-state index contributed by atoms with van der Waals surface area (Å²) in [6, 6.07) is 20.2. The van der Waals surface area contributed by atoms with Crippen LogP contribution in [0.3, 0.4) is 0 Å². The third-order valence-electron chi connectivity index (χ3n) is 4.98. The second kappa shape index (κ2) is 9.86. The molecule has 0 radical (unpaired) electrons. The Kier molecular flexibility index (Phi) is 7.18. The number of benzene rings is 3. The molecule has 3 aromatic rings. The second-order valence-corrected chi connectivity index (χ2v) is 9.56. The lowest BCUT2D eigenvalue weighted by molar-refractivity contribution is -0.119. The quantitative estimate of drug-likeness (QED) is 0.559. The summed E-state index contributed by atoms with van der Waals surface area (Å²) in [5.74, 6) is -0.468. The topological polar surface area (TPSA) is 90.3 Å². The smallest absolute Gasteiger partial charge is 0.264 e. The molecule has 0 bridgehead atoms. The zero-order valence-electron chi connectivity index (χ0n) is 17.7. The molecule has 0 atom stereocenters. The van der Waals surface area contributed by atoms with Crippen LogP contribution in [0.15, 0.2) is 71.6 Å². The van der Waals surface area contributed by atoms with Crippen molar-refractivity contribution in [2.75, 3.05) is 10.8 Å². The number of nitrogens with one attached hydrogen (secondary N) is 1. The largest absolute Gasteiger partial charge is 0.350 e. The highest BCUT2D eigenvalue weighted by molar-refractivity contribution is 7.92. The van der Waals surface area contributed by atoms with E-state index in [1.165, 1.54) is 12.1 Å². The number of hydrogen-bond acceptors (Lipinski definition) is 4. The van der Waals surface area contributed by atoms with Crippen LogP contribution < -0.4 is 9.62 Å². The number of carbonyl (C=O) groups excluding carboxylic acids is 1. The molecule has 32 heavy (non-hydrogen) atoms. The van der Waals surface area contributed by atoms with E-state index in [1.807, 2.05) is 13.0 Å². The molecule has 164 valence electrons. The van der Waals surface area contributed by atoms with Gasteiger partial charge in [0.1, 0.15) is 6.54 Å². The molecule has 0 spiro atoms. The SMILES string of the molecule is Cc1ccc(S(=O)(=O)N(CC(=O)NCc2ccc(C#N)cc2)c2cccc(Cl)c2C)cc1. The lowest BCUT2D eigenvalue weighted by Crippen LogP contribution is -2.41. The van der Waals surface area contributed by atoms with Gasteiger partial charge in [0.2, 0.25) is 5.91 Å². The van der Waals surface area contributed by atoms with Crippen molar-refractivity contribution in [2.45, 2.75) is 25.3 Å². The molecule has 3 rings (SSSR count). The van der Waals surface area contributed by atoms with Crippen LogP contribution in [0.5, 0.6) is 0 Å². The number of amides is 1. The van der Waals surface area contributed by atoms with E-state index in [9.17, 15) is 13.2 Å². The number of sulfonamides is 1. The fourth-order valence-corrected chi connectivity index (χ4v) is 4.74. The van der Waals surface area contributed by atoms with Gasteiger partial charge in [0.25, 0.3) is 10.0 Å². The number of nitriles is 1. The van der Waals surface area contributed by atoms with Gasteiger partial charge in [0.15, 0.2) is 0 Å². The molecule has 3 aromatic carbocycles. The highest BCUT2D eigenvalue weighted by Gasteiger charge is 2.28. The van der Waals surface area contributed by atoms with Crippen LogP contribution in [-0.2, 0) is 21.4 Å². The van der Waals surface area contributed by atoms with Gasteiger partial charge >= 0.3 is 0 Å².